The second-order valence-electron chi connectivity index (χ2n) is 9.16. The lowest BCUT2D eigenvalue weighted by Gasteiger charge is -2.22. The number of esters is 1. The molecule has 0 saturated carbocycles. The Morgan fingerprint density at radius 2 is 1.52 bits per heavy atom. The number of carboxylic acids is 1. The van der Waals surface area contributed by atoms with E-state index in [-0.39, 0.29) is 17.7 Å². The van der Waals surface area contributed by atoms with Gasteiger partial charge in [-0.05, 0) is 67.9 Å². The first-order valence-electron chi connectivity index (χ1n) is 12.3. The summed E-state index contributed by atoms with van der Waals surface area (Å²) in [5, 5.41) is 55.8. The molecule has 0 bridgehead atoms. The second kappa shape index (κ2) is 11.7. The molecule has 0 aromatic heterocycles. The van der Waals surface area contributed by atoms with Crippen molar-refractivity contribution >= 4 is 23.6 Å². The molecule has 2 unspecified atom stereocenters. The molecule has 1 amide bonds. The van der Waals surface area contributed by atoms with Crippen LogP contribution < -0.4 is 10.6 Å². The van der Waals surface area contributed by atoms with E-state index in [0.29, 0.717) is 24.9 Å². The van der Waals surface area contributed by atoms with Crippen molar-refractivity contribution in [3.63, 3.8) is 0 Å². The van der Waals surface area contributed by atoms with Crippen molar-refractivity contribution < 1.29 is 49.4 Å². The van der Waals surface area contributed by atoms with E-state index in [1.807, 2.05) is 0 Å². The molecule has 7 N–H and O–H groups in total. The van der Waals surface area contributed by atoms with E-state index in [0.717, 1.165) is 24.3 Å². The number of hydrogen-bond acceptors (Lipinski definition) is 10. The van der Waals surface area contributed by atoms with Crippen LogP contribution in [0.5, 0.6) is 23.0 Å². The summed E-state index contributed by atoms with van der Waals surface area (Å²) in [4.78, 5) is 50.0. The number of amides is 1. The van der Waals surface area contributed by atoms with Crippen molar-refractivity contribution in [1.29, 1.82) is 0 Å². The summed E-state index contributed by atoms with van der Waals surface area (Å²) in [6.45, 7) is 0.539. The zero-order valence-electron chi connectivity index (χ0n) is 21.0. The molecular formula is C28H26N2O10. The molecule has 1 fully saturated rings. The van der Waals surface area contributed by atoms with Gasteiger partial charge >= 0.3 is 11.9 Å². The molecule has 1 aliphatic rings. The molecule has 208 valence electrons. The van der Waals surface area contributed by atoms with Crippen LogP contribution in [0.2, 0.25) is 0 Å². The minimum Gasteiger partial charge on any atom is -0.508 e. The van der Waals surface area contributed by atoms with Crippen molar-refractivity contribution in [3.05, 3.63) is 82.4 Å². The Labute approximate surface area is 227 Å². The summed E-state index contributed by atoms with van der Waals surface area (Å²) in [5.41, 5.74) is -1.82. The van der Waals surface area contributed by atoms with Crippen LogP contribution >= 0.6 is 0 Å². The van der Waals surface area contributed by atoms with E-state index in [9.17, 15) is 44.7 Å². The highest BCUT2D eigenvalue weighted by molar-refractivity contribution is 6.18. The Morgan fingerprint density at radius 1 is 0.850 bits per heavy atom. The lowest BCUT2D eigenvalue weighted by molar-refractivity contribution is 0.0247. The number of ether oxygens (including phenoxy) is 1. The summed E-state index contributed by atoms with van der Waals surface area (Å²) < 4.78 is 5.57. The van der Waals surface area contributed by atoms with E-state index in [1.165, 1.54) is 30.3 Å². The number of hydrogen-bond donors (Lipinski definition) is 7. The molecule has 3 aromatic rings. The molecule has 40 heavy (non-hydrogen) atoms. The number of carbonyl (C=O) groups is 4. The maximum absolute atomic E-state index is 13.0. The van der Waals surface area contributed by atoms with Crippen molar-refractivity contribution in [3.8, 4) is 23.0 Å². The van der Waals surface area contributed by atoms with Gasteiger partial charge in [0.1, 0.15) is 34.7 Å². The molecule has 1 aliphatic heterocycles. The number of carboxylic acid groups (broad SMARTS) is 1. The molecular weight excluding hydrogens is 524 g/mol. The Bertz CT molecular complexity index is 1450. The van der Waals surface area contributed by atoms with Gasteiger partial charge in [0, 0.05) is 12.0 Å². The van der Waals surface area contributed by atoms with Crippen LogP contribution in [0.25, 0.3) is 0 Å². The zero-order valence-corrected chi connectivity index (χ0v) is 21.0. The van der Waals surface area contributed by atoms with Crippen LogP contribution in [0.1, 0.15) is 66.3 Å². The number of phenolic OH excluding ortho intramolecular Hbond substituents is 4. The van der Waals surface area contributed by atoms with E-state index in [1.54, 1.807) is 0 Å². The van der Waals surface area contributed by atoms with Gasteiger partial charge < -0.3 is 35.6 Å². The minimum absolute atomic E-state index is 0.0221. The molecule has 0 radical (unpaired) electrons. The largest absolute Gasteiger partial charge is 0.508 e. The van der Waals surface area contributed by atoms with Gasteiger partial charge in [-0.15, -0.1) is 0 Å². The SMILES string of the molecule is O=C(NC1CC(OC(=O)c2cc(O)c(C(=O)c3c(O)cccc3C(=O)O)c(O)c2)CCCN1)c1ccc(O)cc1. The average Bonchev–Trinajstić information content (AvgIpc) is 3.12. The molecule has 1 heterocycles. The number of aromatic hydroxyl groups is 4. The highest BCUT2D eigenvalue weighted by Crippen LogP contribution is 2.35. The zero-order chi connectivity index (χ0) is 29.0. The Kier molecular flexibility index (Phi) is 8.20. The van der Waals surface area contributed by atoms with Crippen LogP contribution in [-0.2, 0) is 4.74 Å². The third-order valence-corrected chi connectivity index (χ3v) is 6.36. The normalized spacial score (nSPS) is 16.9. The Hall–Kier alpha value is -5.10. The van der Waals surface area contributed by atoms with Crippen LogP contribution in [0, 0.1) is 0 Å². The summed E-state index contributed by atoms with van der Waals surface area (Å²) in [5.74, 6) is -6.25. The first kappa shape index (κ1) is 27.9. The molecule has 1 saturated heterocycles. The molecule has 12 heteroatoms. The maximum atomic E-state index is 13.0. The fraction of sp³-hybridized carbons (Fsp3) is 0.214. The van der Waals surface area contributed by atoms with Gasteiger partial charge in [-0.2, -0.15) is 0 Å². The minimum atomic E-state index is -1.51. The van der Waals surface area contributed by atoms with Crippen molar-refractivity contribution in [2.45, 2.75) is 31.5 Å². The van der Waals surface area contributed by atoms with Gasteiger partial charge in [-0.25, -0.2) is 9.59 Å². The van der Waals surface area contributed by atoms with Gasteiger partial charge in [0.15, 0.2) is 0 Å². The molecule has 4 rings (SSSR count). The van der Waals surface area contributed by atoms with Crippen molar-refractivity contribution in [1.82, 2.24) is 10.6 Å². The van der Waals surface area contributed by atoms with Gasteiger partial charge in [0.25, 0.3) is 5.91 Å². The van der Waals surface area contributed by atoms with Gasteiger partial charge in [-0.3, -0.25) is 14.9 Å². The highest BCUT2D eigenvalue weighted by Gasteiger charge is 2.29. The third-order valence-electron chi connectivity index (χ3n) is 6.36. The number of rotatable bonds is 7. The quantitative estimate of drug-likeness (QED) is 0.168. The first-order chi connectivity index (χ1) is 19.0. The molecule has 0 spiro atoms. The van der Waals surface area contributed by atoms with Crippen molar-refractivity contribution in [2.75, 3.05) is 6.54 Å². The molecule has 2 atom stereocenters. The first-order valence-corrected chi connectivity index (χ1v) is 12.3. The highest BCUT2D eigenvalue weighted by atomic mass is 16.5. The number of nitrogens with one attached hydrogen (secondary N) is 2. The van der Waals surface area contributed by atoms with E-state index >= 15 is 0 Å². The van der Waals surface area contributed by atoms with Crippen LogP contribution in [0.15, 0.2) is 54.6 Å². The summed E-state index contributed by atoms with van der Waals surface area (Å²) in [7, 11) is 0. The Morgan fingerprint density at radius 3 is 2.17 bits per heavy atom. The fourth-order valence-corrected chi connectivity index (χ4v) is 4.41. The predicted molar refractivity (Wildman–Crippen MR) is 139 cm³/mol. The van der Waals surface area contributed by atoms with Gasteiger partial charge in [0.2, 0.25) is 5.78 Å². The van der Waals surface area contributed by atoms with E-state index in [2.05, 4.69) is 10.6 Å². The topological polar surface area (TPSA) is 203 Å². The second-order valence-corrected chi connectivity index (χ2v) is 9.16. The van der Waals surface area contributed by atoms with Crippen LogP contribution in [0.4, 0.5) is 0 Å². The average molecular weight is 551 g/mol. The number of phenols is 4. The lowest BCUT2D eigenvalue weighted by Crippen LogP contribution is -2.46. The monoisotopic (exact) mass is 550 g/mol. The molecule has 3 aromatic carbocycles. The molecule has 12 nitrogen and oxygen atoms in total. The van der Waals surface area contributed by atoms with E-state index in [4.69, 9.17) is 4.74 Å². The van der Waals surface area contributed by atoms with Crippen molar-refractivity contribution in [2.24, 2.45) is 0 Å². The van der Waals surface area contributed by atoms with Gasteiger partial charge in [0.05, 0.1) is 22.9 Å². The van der Waals surface area contributed by atoms with Crippen LogP contribution in [0.3, 0.4) is 0 Å². The standard InChI is InChI=1S/C28H26N2O10/c31-16-8-6-14(7-9-16)26(36)30-22-13-17(3-2-10-29-22)40-28(39)15-11-20(33)24(21(34)12-15)25(35)23-18(27(37)38)4-1-5-19(23)32/h1,4-9,11-12,17,22,29,31-34H,2-3,10,13H2,(H,30,36)(H,37,38). The predicted octanol–water partition coefficient (Wildman–Crippen LogP) is 2.49. The van der Waals surface area contributed by atoms with Gasteiger partial charge in [-0.1, -0.05) is 6.07 Å². The smallest absolute Gasteiger partial charge is 0.338 e. The number of aromatic carboxylic acids is 1. The number of carbonyl (C=O) groups excluding carboxylic acids is 3. The third kappa shape index (κ3) is 6.13. The summed E-state index contributed by atoms with van der Waals surface area (Å²) in [6.07, 6.45) is 0.127. The fourth-order valence-electron chi connectivity index (χ4n) is 4.41. The summed E-state index contributed by atoms with van der Waals surface area (Å²) in [6, 6.07) is 10.9. The Balaban J connectivity index is 1.48. The van der Waals surface area contributed by atoms with E-state index < -0.39 is 69.8 Å². The lowest BCUT2D eigenvalue weighted by atomic mass is 9.95. The number of benzene rings is 3. The maximum Gasteiger partial charge on any atom is 0.338 e. The van der Waals surface area contributed by atoms with Crippen LogP contribution in [-0.4, -0.2) is 68.0 Å². The molecule has 0 aliphatic carbocycles. The number of ketones is 1. The summed E-state index contributed by atoms with van der Waals surface area (Å²) >= 11 is 0.